The molecule has 6 aromatic rings. The van der Waals surface area contributed by atoms with E-state index in [1.54, 1.807) is 0 Å². The summed E-state index contributed by atoms with van der Waals surface area (Å²) >= 11 is 0. The van der Waals surface area contributed by atoms with E-state index in [-0.39, 0.29) is 22.4 Å². The molecule has 46 heavy (non-hydrogen) atoms. The van der Waals surface area contributed by atoms with Crippen LogP contribution in [0.25, 0.3) is 0 Å². The molecule has 0 atom stereocenters. The molecule has 0 aliphatic heterocycles. The monoisotopic (exact) mass is 764 g/mol. The minimum atomic E-state index is -4.94. The zero-order valence-corrected chi connectivity index (χ0v) is 29.3. The van der Waals surface area contributed by atoms with Crippen molar-refractivity contribution in [3.63, 3.8) is 0 Å². The van der Waals surface area contributed by atoms with Crippen LogP contribution in [0.15, 0.2) is 182 Å². The molecular weight excluding hydrogens is 730 g/mol. The second-order valence-corrected chi connectivity index (χ2v) is 15.0. The Balaban J connectivity index is 0.000000263. The van der Waals surface area contributed by atoms with E-state index in [0.717, 1.165) is 7.11 Å². The molecule has 5 nitrogen and oxygen atoms in total. The summed E-state index contributed by atoms with van der Waals surface area (Å²) in [4.78, 5) is 0. The van der Waals surface area contributed by atoms with Gasteiger partial charge in [0.25, 0.3) is 0 Å². The average Bonchev–Trinajstić information content (AvgIpc) is 3.09. The first kappa shape index (κ1) is 39.2. The standard InChI is InChI=1S/2C18H15P.CH4O.Ag.ClHO4/c2*1-4-10-16(11-5-1)19(17-12-6-2-7-13-17)18-14-8-3-9-15-18;1-2;;2-1(3,4)5/h2*1-15H;2H,1H3;;(H,2,3,4,5)/q;;;+1;/p+1. The van der Waals surface area contributed by atoms with Crippen molar-refractivity contribution in [2.24, 2.45) is 0 Å². The largest absolute Gasteiger partial charge is 1.00 e. The van der Waals surface area contributed by atoms with E-state index in [0.29, 0.717) is 0 Å². The Morgan fingerprint density at radius 3 is 0.543 bits per heavy atom. The zero-order valence-electron chi connectivity index (χ0n) is 25.1. The van der Waals surface area contributed by atoms with E-state index in [2.05, 4.69) is 182 Å². The maximum atomic E-state index is 8.49. The Bertz CT molecular complexity index is 1290. The van der Waals surface area contributed by atoms with Crippen LogP contribution in [0.1, 0.15) is 0 Å². The van der Waals surface area contributed by atoms with Gasteiger partial charge < -0.3 is 5.11 Å². The second-order valence-electron chi connectivity index (χ2n) is 9.32. The predicted molar refractivity (Wildman–Crippen MR) is 181 cm³/mol. The first-order valence-electron chi connectivity index (χ1n) is 14.0. The van der Waals surface area contributed by atoms with Crippen molar-refractivity contribution in [3.8, 4) is 0 Å². The smallest absolute Gasteiger partial charge is 0.400 e. The Kier molecular flexibility index (Phi) is 18.5. The van der Waals surface area contributed by atoms with Gasteiger partial charge in [0, 0.05) is 7.11 Å². The first-order chi connectivity index (χ1) is 21.9. The molecule has 240 valence electrons. The molecule has 0 aliphatic rings. The molecule has 0 amide bonds. The van der Waals surface area contributed by atoms with Crippen LogP contribution in [0.3, 0.4) is 0 Å². The van der Waals surface area contributed by atoms with Gasteiger partial charge in [-0.3, -0.25) is 0 Å². The molecule has 0 heterocycles. The topological polar surface area (TPSA) is 112 Å². The normalized spacial score (nSPS) is 10.2. The van der Waals surface area contributed by atoms with E-state index in [9.17, 15) is 0 Å². The molecule has 0 radical (unpaired) electrons. The molecule has 0 bridgehead atoms. The summed E-state index contributed by atoms with van der Waals surface area (Å²) < 4.78 is 34.0. The molecular formula is C37H36AgClO5P2+2. The van der Waals surface area contributed by atoms with Crippen LogP contribution < -0.4 is 50.5 Å². The molecule has 0 saturated carbocycles. The SMILES string of the molecule is CO.[Ag+].[O-][Cl+3]([O-])([O-])[O-].c1ccc([PH+](c2ccccc2)c2ccccc2)cc1.c1ccc([PH+](c2ccccc2)c2ccccc2)cc1. The fraction of sp³-hybridized carbons (Fsp3) is 0.0270. The van der Waals surface area contributed by atoms with Gasteiger partial charge in [-0.25, -0.2) is 18.6 Å². The summed E-state index contributed by atoms with van der Waals surface area (Å²) in [5.41, 5.74) is 0. The van der Waals surface area contributed by atoms with Crippen LogP contribution in [0.5, 0.6) is 0 Å². The minimum absolute atomic E-state index is 0. The fourth-order valence-corrected chi connectivity index (χ4v) is 9.78. The van der Waals surface area contributed by atoms with Crippen molar-refractivity contribution in [1.29, 1.82) is 0 Å². The number of hydrogen-bond acceptors (Lipinski definition) is 5. The van der Waals surface area contributed by atoms with Crippen molar-refractivity contribution in [3.05, 3.63) is 182 Å². The zero-order chi connectivity index (χ0) is 32.3. The van der Waals surface area contributed by atoms with Gasteiger partial charge in [0.05, 0.1) is 15.8 Å². The summed E-state index contributed by atoms with van der Waals surface area (Å²) in [7, 11) is -5.70. The van der Waals surface area contributed by atoms with Gasteiger partial charge in [0.1, 0.15) is 31.8 Å². The van der Waals surface area contributed by atoms with Gasteiger partial charge >= 0.3 is 22.4 Å². The molecule has 0 fully saturated rings. The molecule has 6 aromatic carbocycles. The van der Waals surface area contributed by atoms with Crippen LogP contribution in [0, 0.1) is 10.2 Å². The molecule has 9 heteroatoms. The molecule has 0 aliphatic carbocycles. The van der Waals surface area contributed by atoms with E-state index in [1.807, 2.05) is 0 Å². The van der Waals surface area contributed by atoms with Gasteiger partial charge in [-0.15, -0.1) is 10.2 Å². The number of aliphatic hydroxyl groups excluding tert-OH is 1. The van der Waals surface area contributed by atoms with Crippen LogP contribution in [-0.4, -0.2) is 12.2 Å². The second kappa shape index (κ2) is 21.7. The van der Waals surface area contributed by atoms with Gasteiger partial charge in [0.15, 0.2) is 0 Å². The van der Waals surface area contributed by atoms with Crippen LogP contribution in [0.2, 0.25) is 0 Å². The molecule has 1 N–H and O–H groups in total. The van der Waals surface area contributed by atoms with Gasteiger partial charge in [-0.1, -0.05) is 109 Å². The van der Waals surface area contributed by atoms with Gasteiger partial charge in [0.2, 0.25) is 0 Å². The van der Waals surface area contributed by atoms with E-state index in [1.165, 1.54) is 31.8 Å². The molecule has 0 aromatic heterocycles. The molecule has 6 rings (SSSR count). The maximum Gasteiger partial charge on any atom is 1.00 e. The average molecular weight is 766 g/mol. The minimum Gasteiger partial charge on any atom is -0.400 e. The van der Waals surface area contributed by atoms with E-state index < -0.39 is 26.1 Å². The van der Waals surface area contributed by atoms with Crippen molar-refractivity contribution in [1.82, 2.24) is 0 Å². The molecule has 0 unspecified atom stereocenters. The van der Waals surface area contributed by atoms with Gasteiger partial charge in [-0.05, 0) is 72.8 Å². The third kappa shape index (κ3) is 13.8. The van der Waals surface area contributed by atoms with Gasteiger partial charge in [-0.2, -0.15) is 0 Å². The quantitative estimate of drug-likeness (QED) is 0.203. The van der Waals surface area contributed by atoms with Crippen LogP contribution in [-0.2, 0) is 22.4 Å². The van der Waals surface area contributed by atoms with Crippen LogP contribution >= 0.6 is 15.8 Å². The Hall–Kier alpha value is -2.99. The van der Waals surface area contributed by atoms with Crippen molar-refractivity contribution in [2.45, 2.75) is 0 Å². The summed E-state index contributed by atoms with van der Waals surface area (Å²) in [6, 6.07) is 65.0. The Labute approximate surface area is 291 Å². The predicted octanol–water partition coefficient (Wildman–Crippen LogP) is 1.20. The summed E-state index contributed by atoms with van der Waals surface area (Å²) in [5.74, 6) is 0. The van der Waals surface area contributed by atoms with Crippen molar-refractivity contribution >= 4 is 47.7 Å². The fourth-order valence-electron chi connectivity index (χ4n) is 4.63. The van der Waals surface area contributed by atoms with Crippen LogP contribution in [0.4, 0.5) is 0 Å². The number of hydrogen-bond donors (Lipinski definition) is 1. The maximum absolute atomic E-state index is 8.49. The molecule has 0 saturated heterocycles. The number of benzene rings is 6. The third-order valence-electron chi connectivity index (χ3n) is 6.37. The molecule has 0 spiro atoms. The van der Waals surface area contributed by atoms with E-state index >= 15 is 0 Å². The first-order valence-corrected chi connectivity index (χ1v) is 18.3. The summed E-state index contributed by atoms with van der Waals surface area (Å²) in [6.07, 6.45) is 0. The Morgan fingerprint density at radius 2 is 0.435 bits per heavy atom. The van der Waals surface area contributed by atoms with Crippen molar-refractivity contribution < 1.29 is 56.4 Å². The Morgan fingerprint density at radius 1 is 0.326 bits per heavy atom. The summed E-state index contributed by atoms with van der Waals surface area (Å²) in [5, 5.41) is 15.6. The number of aliphatic hydroxyl groups is 1. The van der Waals surface area contributed by atoms with Crippen molar-refractivity contribution in [2.75, 3.05) is 7.11 Å². The van der Waals surface area contributed by atoms with E-state index in [4.69, 9.17) is 23.7 Å². The summed E-state index contributed by atoms with van der Waals surface area (Å²) in [6.45, 7) is 0. The number of halogens is 1. The third-order valence-corrected chi connectivity index (χ3v) is 11.8. The number of rotatable bonds is 6.